The molecule has 1 saturated heterocycles. The van der Waals surface area contributed by atoms with Crippen molar-refractivity contribution >= 4 is 11.8 Å². The number of carbonyl (C=O) groups is 2. The zero-order valence-electron chi connectivity index (χ0n) is 15.6. The first-order valence-corrected chi connectivity index (χ1v) is 9.25. The van der Waals surface area contributed by atoms with Crippen LogP contribution in [0.3, 0.4) is 0 Å². The van der Waals surface area contributed by atoms with Crippen molar-refractivity contribution in [3.05, 3.63) is 54.4 Å². The van der Waals surface area contributed by atoms with Gasteiger partial charge in [-0.3, -0.25) is 14.6 Å². The van der Waals surface area contributed by atoms with Crippen molar-refractivity contribution in [2.75, 3.05) is 19.7 Å². The van der Waals surface area contributed by atoms with Crippen LogP contribution in [0.4, 0.5) is 0 Å². The molecule has 0 spiro atoms. The fourth-order valence-electron chi connectivity index (χ4n) is 3.45. The van der Waals surface area contributed by atoms with E-state index in [1.54, 1.807) is 17.3 Å². The molecule has 1 aromatic carbocycles. The first-order valence-electron chi connectivity index (χ1n) is 9.25. The van der Waals surface area contributed by atoms with Gasteiger partial charge >= 0.3 is 0 Å². The zero-order valence-corrected chi connectivity index (χ0v) is 15.6. The highest BCUT2D eigenvalue weighted by Gasteiger charge is 2.43. The molecule has 6 nitrogen and oxygen atoms in total. The van der Waals surface area contributed by atoms with Crippen molar-refractivity contribution in [1.82, 2.24) is 9.88 Å². The van der Waals surface area contributed by atoms with Crippen LogP contribution >= 0.6 is 0 Å². The number of nitrogens with zero attached hydrogens (tertiary/aromatic N) is 2. The highest BCUT2D eigenvalue weighted by Crippen LogP contribution is 2.26. The van der Waals surface area contributed by atoms with Gasteiger partial charge in [-0.05, 0) is 35.2 Å². The van der Waals surface area contributed by atoms with Gasteiger partial charge in [0.1, 0.15) is 0 Å². The van der Waals surface area contributed by atoms with Gasteiger partial charge in [0.15, 0.2) is 5.60 Å². The summed E-state index contributed by atoms with van der Waals surface area (Å²) in [5.74, 6) is -0.497. The molecule has 3 rings (SSSR count). The number of ether oxygens (including phenoxy) is 1. The maximum absolute atomic E-state index is 12.3. The van der Waals surface area contributed by atoms with Gasteiger partial charge in [0, 0.05) is 31.8 Å². The predicted octanol–water partition coefficient (Wildman–Crippen LogP) is 2.17. The molecule has 27 heavy (non-hydrogen) atoms. The molecule has 0 aliphatic carbocycles. The summed E-state index contributed by atoms with van der Waals surface area (Å²) in [4.78, 5) is 30.4. The number of morpholine rings is 1. The van der Waals surface area contributed by atoms with Gasteiger partial charge in [0.05, 0.1) is 13.2 Å². The first-order chi connectivity index (χ1) is 13.0. The summed E-state index contributed by atoms with van der Waals surface area (Å²) in [5.41, 5.74) is 7.54. The molecule has 2 N–H and O–H groups in total. The van der Waals surface area contributed by atoms with Crippen molar-refractivity contribution in [1.29, 1.82) is 0 Å². The number of pyridine rings is 1. The fourth-order valence-corrected chi connectivity index (χ4v) is 3.45. The monoisotopic (exact) mass is 367 g/mol. The van der Waals surface area contributed by atoms with Crippen LogP contribution in [0.2, 0.25) is 0 Å². The SMILES string of the molecule is CCCC(=O)N1CCO[C@](Cc2cccc(-c3ccncc3)c2)(C(N)=O)C1. The van der Waals surface area contributed by atoms with Gasteiger partial charge in [-0.1, -0.05) is 31.2 Å². The van der Waals surface area contributed by atoms with E-state index in [-0.39, 0.29) is 12.5 Å². The van der Waals surface area contributed by atoms with Crippen molar-refractivity contribution < 1.29 is 14.3 Å². The Bertz CT molecular complexity index is 809. The van der Waals surface area contributed by atoms with E-state index in [4.69, 9.17) is 10.5 Å². The Balaban J connectivity index is 1.84. The molecule has 1 aliphatic heterocycles. The van der Waals surface area contributed by atoms with E-state index >= 15 is 0 Å². The van der Waals surface area contributed by atoms with E-state index in [2.05, 4.69) is 4.98 Å². The average molecular weight is 367 g/mol. The Morgan fingerprint density at radius 3 is 2.70 bits per heavy atom. The van der Waals surface area contributed by atoms with Crippen molar-refractivity contribution in [2.24, 2.45) is 5.73 Å². The molecule has 142 valence electrons. The molecule has 2 heterocycles. The Morgan fingerprint density at radius 2 is 2.00 bits per heavy atom. The normalized spacial score (nSPS) is 19.7. The van der Waals surface area contributed by atoms with Crippen LogP contribution in [0.25, 0.3) is 11.1 Å². The van der Waals surface area contributed by atoms with Crippen LogP contribution in [-0.2, 0) is 20.7 Å². The molecule has 1 atom stereocenters. The minimum Gasteiger partial charge on any atom is -0.367 e. The van der Waals surface area contributed by atoms with Gasteiger partial charge in [-0.15, -0.1) is 0 Å². The first kappa shape index (κ1) is 19.0. The lowest BCUT2D eigenvalue weighted by atomic mass is 9.90. The quantitative estimate of drug-likeness (QED) is 0.848. The topological polar surface area (TPSA) is 85.5 Å². The summed E-state index contributed by atoms with van der Waals surface area (Å²) in [7, 11) is 0. The third kappa shape index (κ3) is 4.34. The number of aromatic nitrogens is 1. The molecule has 0 bridgehead atoms. The Labute approximate surface area is 159 Å². The third-order valence-electron chi connectivity index (χ3n) is 4.88. The molecule has 0 radical (unpaired) electrons. The van der Waals surface area contributed by atoms with Crippen LogP contribution in [0.1, 0.15) is 25.3 Å². The number of carbonyl (C=O) groups excluding carboxylic acids is 2. The molecule has 1 fully saturated rings. The number of primary amides is 1. The molecular formula is C21H25N3O3. The van der Waals surface area contributed by atoms with Gasteiger partial charge in [0.25, 0.3) is 5.91 Å². The number of hydrogen-bond donors (Lipinski definition) is 1. The van der Waals surface area contributed by atoms with Crippen molar-refractivity contribution in [3.63, 3.8) is 0 Å². The summed E-state index contributed by atoms with van der Waals surface area (Å²) in [6.07, 6.45) is 5.06. The summed E-state index contributed by atoms with van der Waals surface area (Å²) in [6, 6.07) is 11.8. The lowest BCUT2D eigenvalue weighted by Gasteiger charge is -2.41. The van der Waals surface area contributed by atoms with Crippen LogP contribution in [-0.4, -0.2) is 47.0 Å². The number of nitrogens with two attached hydrogens (primary N) is 1. The van der Waals surface area contributed by atoms with Gasteiger partial charge in [-0.2, -0.15) is 0 Å². The predicted molar refractivity (Wildman–Crippen MR) is 103 cm³/mol. The van der Waals surface area contributed by atoms with E-state index < -0.39 is 11.5 Å². The van der Waals surface area contributed by atoms with Crippen LogP contribution in [0, 0.1) is 0 Å². The van der Waals surface area contributed by atoms with Crippen molar-refractivity contribution in [2.45, 2.75) is 31.8 Å². The molecule has 1 aliphatic rings. The third-order valence-corrected chi connectivity index (χ3v) is 4.88. The Kier molecular flexibility index (Phi) is 5.86. The van der Waals surface area contributed by atoms with Crippen LogP contribution in [0.15, 0.2) is 48.8 Å². The van der Waals surface area contributed by atoms with Gasteiger partial charge < -0.3 is 15.4 Å². The maximum atomic E-state index is 12.3. The average Bonchev–Trinajstić information content (AvgIpc) is 2.69. The second kappa shape index (κ2) is 8.31. The van der Waals surface area contributed by atoms with Gasteiger partial charge in [-0.25, -0.2) is 0 Å². The zero-order chi connectivity index (χ0) is 19.3. The second-order valence-electron chi connectivity index (χ2n) is 6.89. The lowest BCUT2D eigenvalue weighted by molar-refractivity contribution is -0.163. The van der Waals surface area contributed by atoms with E-state index in [1.165, 1.54) is 0 Å². The minimum absolute atomic E-state index is 0.0389. The van der Waals surface area contributed by atoms with E-state index in [0.717, 1.165) is 23.1 Å². The Hall–Kier alpha value is -2.73. The van der Waals surface area contributed by atoms with E-state index in [1.807, 2.05) is 43.3 Å². The summed E-state index contributed by atoms with van der Waals surface area (Å²) < 4.78 is 5.86. The number of hydrogen-bond acceptors (Lipinski definition) is 4. The number of rotatable bonds is 6. The molecule has 0 unspecified atom stereocenters. The maximum Gasteiger partial charge on any atom is 0.251 e. The highest BCUT2D eigenvalue weighted by molar-refractivity contribution is 5.86. The Morgan fingerprint density at radius 1 is 1.22 bits per heavy atom. The number of amides is 2. The molecular weight excluding hydrogens is 342 g/mol. The highest BCUT2D eigenvalue weighted by atomic mass is 16.5. The van der Waals surface area contributed by atoms with Crippen molar-refractivity contribution in [3.8, 4) is 11.1 Å². The van der Waals surface area contributed by atoms with Crippen LogP contribution in [0.5, 0.6) is 0 Å². The molecule has 0 saturated carbocycles. The van der Waals surface area contributed by atoms with Gasteiger partial charge in [0.2, 0.25) is 5.91 Å². The van der Waals surface area contributed by atoms with Crippen LogP contribution < -0.4 is 5.73 Å². The summed E-state index contributed by atoms with van der Waals surface area (Å²) >= 11 is 0. The summed E-state index contributed by atoms with van der Waals surface area (Å²) in [6.45, 7) is 2.96. The van der Waals surface area contributed by atoms with E-state index in [0.29, 0.717) is 26.0 Å². The molecule has 2 aromatic rings. The summed E-state index contributed by atoms with van der Waals surface area (Å²) in [5, 5.41) is 0. The molecule has 1 aromatic heterocycles. The van der Waals surface area contributed by atoms with E-state index in [9.17, 15) is 9.59 Å². The second-order valence-corrected chi connectivity index (χ2v) is 6.89. The largest absolute Gasteiger partial charge is 0.367 e. The smallest absolute Gasteiger partial charge is 0.251 e. The molecule has 2 amide bonds. The minimum atomic E-state index is -1.20. The fraction of sp³-hybridized carbons (Fsp3) is 0.381. The lowest BCUT2D eigenvalue weighted by Crippen LogP contribution is -2.61. The number of benzene rings is 1. The standard InChI is InChI=1S/C21H25N3O3/c1-2-4-19(25)24-11-12-27-21(15-24,20(22)26)14-16-5-3-6-18(13-16)17-7-9-23-10-8-17/h3,5-10,13H,2,4,11-12,14-15H2,1H3,(H2,22,26)/t21-/m0/s1. The molecule has 6 heteroatoms.